The Hall–Kier alpha value is -1.54. The topological polar surface area (TPSA) is 76.9 Å². The van der Waals surface area contributed by atoms with E-state index < -0.39 is 0 Å². The highest BCUT2D eigenvalue weighted by molar-refractivity contribution is 5.42. The molecular formula is C11H16N4O. The highest BCUT2D eigenvalue weighted by Crippen LogP contribution is 2.32. The van der Waals surface area contributed by atoms with E-state index in [-0.39, 0.29) is 6.10 Å². The molecule has 2 N–H and O–H groups in total. The predicted molar refractivity (Wildman–Crippen MR) is 58.9 cm³/mol. The Morgan fingerprint density at radius 1 is 1.62 bits per heavy atom. The minimum absolute atomic E-state index is 0.190. The van der Waals surface area contributed by atoms with Crippen molar-refractivity contribution in [1.82, 2.24) is 9.78 Å². The molecule has 1 saturated carbocycles. The maximum atomic E-state index is 9.01. The van der Waals surface area contributed by atoms with Gasteiger partial charge < -0.3 is 10.5 Å². The van der Waals surface area contributed by atoms with Crippen molar-refractivity contribution in [3.8, 4) is 11.9 Å². The van der Waals surface area contributed by atoms with E-state index in [0.717, 1.165) is 25.1 Å². The summed E-state index contributed by atoms with van der Waals surface area (Å²) in [6.45, 7) is 2.53. The molecule has 1 fully saturated rings. The molecule has 1 aromatic rings. The molecule has 2 rings (SSSR count). The molecule has 0 bridgehead atoms. The van der Waals surface area contributed by atoms with E-state index in [2.05, 4.69) is 11.2 Å². The summed E-state index contributed by atoms with van der Waals surface area (Å²) in [6, 6.07) is 2.13. The Bertz CT molecular complexity index is 426. The van der Waals surface area contributed by atoms with Crippen LogP contribution in [0.4, 0.5) is 0 Å². The summed E-state index contributed by atoms with van der Waals surface area (Å²) in [5, 5.41) is 13.2. The zero-order valence-corrected chi connectivity index (χ0v) is 9.60. The Balaban J connectivity index is 2.08. The Morgan fingerprint density at radius 2 is 2.31 bits per heavy atom. The quantitative estimate of drug-likeness (QED) is 0.814. The third-order valence-electron chi connectivity index (χ3n) is 3.09. The monoisotopic (exact) mass is 220 g/mol. The van der Waals surface area contributed by atoms with Gasteiger partial charge in [0, 0.05) is 7.05 Å². The average Bonchev–Trinajstić information content (AvgIpc) is 2.46. The van der Waals surface area contributed by atoms with Gasteiger partial charge in [0.15, 0.2) is 0 Å². The van der Waals surface area contributed by atoms with Crippen LogP contribution >= 0.6 is 0 Å². The second-order valence-electron chi connectivity index (χ2n) is 4.31. The second kappa shape index (κ2) is 4.14. The van der Waals surface area contributed by atoms with E-state index in [9.17, 15) is 0 Å². The van der Waals surface area contributed by atoms with Gasteiger partial charge in [-0.05, 0) is 32.2 Å². The number of nitrogens with zero attached hydrogens (tertiary/aromatic N) is 3. The minimum Gasteiger partial charge on any atom is -0.474 e. The molecule has 86 valence electrons. The van der Waals surface area contributed by atoms with Crippen molar-refractivity contribution in [1.29, 1.82) is 5.26 Å². The van der Waals surface area contributed by atoms with Crippen LogP contribution in [0.5, 0.6) is 5.88 Å². The molecule has 0 aromatic carbocycles. The third-order valence-corrected chi connectivity index (χ3v) is 3.09. The highest BCUT2D eigenvalue weighted by atomic mass is 16.5. The molecular weight excluding hydrogens is 204 g/mol. The Kier molecular flexibility index (Phi) is 2.84. The van der Waals surface area contributed by atoms with E-state index in [1.54, 1.807) is 11.7 Å². The van der Waals surface area contributed by atoms with Crippen molar-refractivity contribution < 1.29 is 4.74 Å². The number of nitriles is 1. The SMILES string of the molecule is Cc1nn(C)c(OC2CC(CN)C2)c1C#N. The van der Waals surface area contributed by atoms with Gasteiger partial charge in [0.05, 0.1) is 5.69 Å². The number of hydrogen-bond acceptors (Lipinski definition) is 4. The van der Waals surface area contributed by atoms with Crippen molar-refractivity contribution in [3.05, 3.63) is 11.3 Å². The number of nitrogens with two attached hydrogens (primary N) is 1. The molecule has 1 aromatic heterocycles. The van der Waals surface area contributed by atoms with E-state index in [0.29, 0.717) is 17.4 Å². The molecule has 0 atom stereocenters. The van der Waals surface area contributed by atoms with E-state index >= 15 is 0 Å². The van der Waals surface area contributed by atoms with Crippen LogP contribution in [-0.4, -0.2) is 22.4 Å². The van der Waals surface area contributed by atoms with Gasteiger partial charge in [0.25, 0.3) is 0 Å². The summed E-state index contributed by atoms with van der Waals surface area (Å²) in [6.07, 6.45) is 2.15. The molecule has 0 saturated heterocycles. The fourth-order valence-corrected chi connectivity index (χ4v) is 2.02. The number of aromatic nitrogens is 2. The molecule has 0 spiro atoms. The van der Waals surface area contributed by atoms with E-state index in [1.165, 1.54) is 0 Å². The van der Waals surface area contributed by atoms with Crippen LogP contribution < -0.4 is 10.5 Å². The lowest BCUT2D eigenvalue weighted by atomic mass is 9.82. The van der Waals surface area contributed by atoms with Crippen LogP contribution in [-0.2, 0) is 7.05 Å². The van der Waals surface area contributed by atoms with Crippen LogP contribution in [0.1, 0.15) is 24.1 Å². The first-order valence-electron chi connectivity index (χ1n) is 5.46. The van der Waals surface area contributed by atoms with Gasteiger partial charge in [-0.15, -0.1) is 0 Å². The van der Waals surface area contributed by atoms with Crippen LogP contribution in [0.15, 0.2) is 0 Å². The maximum Gasteiger partial charge on any atom is 0.230 e. The molecule has 0 aliphatic heterocycles. The minimum atomic E-state index is 0.190. The second-order valence-corrected chi connectivity index (χ2v) is 4.31. The van der Waals surface area contributed by atoms with Gasteiger partial charge in [-0.3, -0.25) is 0 Å². The number of hydrogen-bond donors (Lipinski definition) is 1. The summed E-state index contributed by atoms with van der Waals surface area (Å²) in [5.41, 5.74) is 6.81. The van der Waals surface area contributed by atoms with Crippen molar-refractivity contribution in [3.63, 3.8) is 0 Å². The van der Waals surface area contributed by atoms with Crippen molar-refractivity contribution >= 4 is 0 Å². The first-order chi connectivity index (χ1) is 7.65. The maximum absolute atomic E-state index is 9.01. The summed E-state index contributed by atoms with van der Waals surface area (Å²) >= 11 is 0. The molecule has 16 heavy (non-hydrogen) atoms. The Morgan fingerprint density at radius 3 is 2.88 bits per heavy atom. The lowest BCUT2D eigenvalue weighted by Gasteiger charge is -2.34. The first kappa shape index (κ1) is 11.0. The zero-order chi connectivity index (χ0) is 11.7. The van der Waals surface area contributed by atoms with Gasteiger partial charge >= 0.3 is 0 Å². The summed E-state index contributed by atoms with van der Waals surface area (Å²) < 4.78 is 7.41. The predicted octanol–water partition coefficient (Wildman–Crippen LogP) is 0.716. The molecule has 1 aliphatic rings. The molecule has 5 nitrogen and oxygen atoms in total. The Labute approximate surface area is 94.8 Å². The van der Waals surface area contributed by atoms with E-state index in [4.69, 9.17) is 15.7 Å². The fourth-order valence-electron chi connectivity index (χ4n) is 2.02. The number of ether oxygens (including phenoxy) is 1. The fraction of sp³-hybridized carbons (Fsp3) is 0.636. The van der Waals surface area contributed by atoms with Crippen LogP contribution in [0.2, 0.25) is 0 Å². The molecule has 5 heteroatoms. The van der Waals surface area contributed by atoms with Gasteiger partial charge in [-0.2, -0.15) is 10.4 Å². The van der Waals surface area contributed by atoms with Gasteiger partial charge in [0.2, 0.25) is 5.88 Å². The molecule has 0 amide bonds. The third kappa shape index (κ3) is 1.76. The highest BCUT2D eigenvalue weighted by Gasteiger charge is 2.31. The van der Waals surface area contributed by atoms with Gasteiger partial charge in [-0.25, -0.2) is 4.68 Å². The lowest BCUT2D eigenvalue weighted by molar-refractivity contribution is 0.0607. The van der Waals surface area contributed by atoms with Crippen LogP contribution in [0.3, 0.4) is 0 Å². The normalized spacial score (nSPS) is 23.6. The molecule has 1 aliphatic carbocycles. The van der Waals surface area contributed by atoms with Crippen molar-refractivity contribution in [2.75, 3.05) is 6.54 Å². The molecule has 0 unspecified atom stereocenters. The summed E-state index contributed by atoms with van der Waals surface area (Å²) in [7, 11) is 1.79. The van der Waals surface area contributed by atoms with Crippen LogP contribution in [0, 0.1) is 24.2 Å². The van der Waals surface area contributed by atoms with Gasteiger partial charge in [0.1, 0.15) is 17.7 Å². The smallest absolute Gasteiger partial charge is 0.230 e. The molecule has 0 radical (unpaired) electrons. The van der Waals surface area contributed by atoms with Crippen molar-refractivity contribution in [2.45, 2.75) is 25.9 Å². The first-order valence-corrected chi connectivity index (χ1v) is 5.46. The average molecular weight is 220 g/mol. The zero-order valence-electron chi connectivity index (χ0n) is 9.60. The lowest BCUT2D eigenvalue weighted by Crippen LogP contribution is -2.38. The number of rotatable bonds is 3. The van der Waals surface area contributed by atoms with Gasteiger partial charge in [-0.1, -0.05) is 0 Å². The summed E-state index contributed by atoms with van der Waals surface area (Å²) in [4.78, 5) is 0. The summed E-state index contributed by atoms with van der Waals surface area (Å²) in [5.74, 6) is 1.16. The largest absolute Gasteiger partial charge is 0.474 e. The van der Waals surface area contributed by atoms with Crippen molar-refractivity contribution in [2.24, 2.45) is 18.7 Å². The molecule has 1 heterocycles. The van der Waals surface area contributed by atoms with Crippen LogP contribution in [0.25, 0.3) is 0 Å². The van der Waals surface area contributed by atoms with E-state index in [1.807, 2.05) is 6.92 Å². The number of aryl methyl sites for hydroxylation is 2. The standard InChI is InChI=1S/C11H16N4O/c1-7-10(6-13)11(15(2)14-7)16-9-3-8(4-9)5-12/h8-9H,3-5,12H2,1-2H3.